The molecule has 2 aromatic rings. The Balaban J connectivity index is 1.79. The zero-order chi connectivity index (χ0) is 20.6. The number of halogens is 3. The Kier molecular flexibility index (Phi) is 5.32. The van der Waals surface area contributed by atoms with Crippen LogP contribution in [-0.2, 0) is 15.1 Å². The van der Waals surface area contributed by atoms with E-state index in [0.717, 1.165) is 22.6 Å². The van der Waals surface area contributed by atoms with Crippen LogP contribution in [-0.4, -0.2) is 29.3 Å². The highest BCUT2D eigenvalue weighted by molar-refractivity contribution is 6.34. The van der Waals surface area contributed by atoms with Gasteiger partial charge in [0.2, 0.25) is 5.91 Å². The highest BCUT2D eigenvalue weighted by Gasteiger charge is 2.50. The molecule has 28 heavy (non-hydrogen) atoms. The maximum atomic E-state index is 13.3. The number of urea groups is 1. The van der Waals surface area contributed by atoms with E-state index in [1.807, 2.05) is 6.92 Å². The zero-order valence-electron chi connectivity index (χ0n) is 15.0. The number of carbonyl (C=O) groups is 3. The molecular formula is C19H16Cl2FN3O3. The van der Waals surface area contributed by atoms with Gasteiger partial charge in [-0.3, -0.25) is 14.5 Å². The Morgan fingerprint density at radius 2 is 1.89 bits per heavy atom. The average molecular weight is 424 g/mol. The zero-order valence-corrected chi connectivity index (χ0v) is 16.5. The van der Waals surface area contributed by atoms with Crippen molar-refractivity contribution in [3.05, 3.63) is 63.4 Å². The summed E-state index contributed by atoms with van der Waals surface area (Å²) in [6.45, 7) is 2.79. The van der Waals surface area contributed by atoms with Crippen molar-refractivity contribution in [1.29, 1.82) is 0 Å². The first-order valence-corrected chi connectivity index (χ1v) is 9.03. The molecule has 0 spiro atoms. The van der Waals surface area contributed by atoms with E-state index in [-0.39, 0.29) is 10.6 Å². The molecule has 1 saturated heterocycles. The molecule has 146 valence electrons. The van der Waals surface area contributed by atoms with Gasteiger partial charge in [-0.1, -0.05) is 35.3 Å². The van der Waals surface area contributed by atoms with Crippen LogP contribution in [0.25, 0.3) is 0 Å². The number of hydrogen-bond donors (Lipinski definition) is 2. The summed E-state index contributed by atoms with van der Waals surface area (Å²) >= 11 is 12.1. The Morgan fingerprint density at radius 3 is 2.54 bits per heavy atom. The van der Waals surface area contributed by atoms with Gasteiger partial charge in [-0.2, -0.15) is 0 Å². The average Bonchev–Trinajstić information content (AvgIpc) is 2.81. The van der Waals surface area contributed by atoms with E-state index in [9.17, 15) is 18.8 Å². The molecule has 6 nitrogen and oxygen atoms in total. The lowest BCUT2D eigenvalue weighted by Crippen LogP contribution is -2.42. The molecule has 1 heterocycles. The summed E-state index contributed by atoms with van der Waals surface area (Å²) < 4.78 is 13.3. The van der Waals surface area contributed by atoms with Gasteiger partial charge in [0.15, 0.2) is 0 Å². The summed E-state index contributed by atoms with van der Waals surface area (Å²) in [5.74, 6) is -1.83. The number of amides is 4. The molecule has 3 rings (SSSR count). The molecule has 0 bridgehead atoms. The minimum absolute atomic E-state index is 0.00566. The number of nitrogens with zero attached hydrogens (tertiary/aromatic N) is 1. The first-order chi connectivity index (χ1) is 13.1. The third kappa shape index (κ3) is 3.68. The fourth-order valence-electron chi connectivity index (χ4n) is 2.97. The van der Waals surface area contributed by atoms with Gasteiger partial charge in [0.1, 0.15) is 17.9 Å². The van der Waals surface area contributed by atoms with Gasteiger partial charge in [-0.25, -0.2) is 9.18 Å². The van der Waals surface area contributed by atoms with Gasteiger partial charge in [0.25, 0.3) is 5.91 Å². The van der Waals surface area contributed by atoms with E-state index < -0.39 is 35.7 Å². The smallest absolute Gasteiger partial charge is 0.323 e. The first-order valence-electron chi connectivity index (χ1n) is 8.27. The van der Waals surface area contributed by atoms with Crippen molar-refractivity contribution in [2.24, 2.45) is 0 Å². The third-order valence-electron chi connectivity index (χ3n) is 4.45. The van der Waals surface area contributed by atoms with E-state index in [4.69, 9.17) is 23.2 Å². The molecule has 1 unspecified atom stereocenters. The third-order valence-corrected chi connectivity index (χ3v) is 5.07. The van der Waals surface area contributed by atoms with Gasteiger partial charge in [0.05, 0.1) is 10.7 Å². The molecular weight excluding hydrogens is 408 g/mol. The SMILES string of the molecule is Cc1ccc(NC(=O)CN2C(=O)NC(C)(c3ccc(F)cc3Cl)C2=O)c(Cl)c1. The van der Waals surface area contributed by atoms with Crippen LogP contribution >= 0.6 is 23.2 Å². The summed E-state index contributed by atoms with van der Waals surface area (Å²) in [6.07, 6.45) is 0. The maximum absolute atomic E-state index is 13.3. The number of anilines is 1. The number of hydrogen-bond acceptors (Lipinski definition) is 3. The van der Waals surface area contributed by atoms with Crippen molar-refractivity contribution in [3.63, 3.8) is 0 Å². The Hall–Kier alpha value is -2.64. The van der Waals surface area contributed by atoms with E-state index in [1.165, 1.54) is 13.0 Å². The summed E-state index contributed by atoms with van der Waals surface area (Å²) in [6, 6.07) is 7.84. The van der Waals surface area contributed by atoms with Crippen molar-refractivity contribution in [2.45, 2.75) is 19.4 Å². The van der Waals surface area contributed by atoms with Crippen molar-refractivity contribution >= 4 is 46.7 Å². The van der Waals surface area contributed by atoms with Crippen molar-refractivity contribution in [3.8, 4) is 0 Å². The lowest BCUT2D eigenvalue weighted by molar-refractivity contribution is -0.133. The quantitative estimate of drug-likeness (QED) is 0.733. The number of nitrogens with one attached hydrogen (secondary N) is 2. The minimum atomic E-state index is -1.51. The highest BCUT2D eigenvalue weighted by Crippen LogP contribution is 2.34. The highest BCUT2D eigenvalue weighted by atomic mass is 35.5. The van der Waals surface area contributed by atoms with E-state index >= 15 is 0 Å². The molecule has 1 atom stereocenters. The largest absolute Gasteiger partial charge is 0.325 e. The number of carbonyl (C=O) groups excluding carboxylic acids is 3. The summed E-state index contributed by atoms with van der Waals surface area (Å²) in [7, 11) is 0. The Bertz CT molecular complexity index is 998. The molecule has 9 heteroatoms. The fraction of sp³-hybridized carbons (Fsp3) is 0.211. The van der Waals surface area contributed by atoms with Crippen LogP contribution in [0.2, 0.25) is 10.0 Å². The molecule has 0 aliphatic carbocycles. The van der Waals surface area contributed by atoms with Crippen molar-refractivity contribution in [2.75, 3.05) is 11.9 Å². The van der Waals surface area contributed by atoms with E-state index in [1.54, 1.807) is 18.2 Å². The predicted octanol–water partition coefficient (Wildman–Crippen LogP) is 3.85. The lowest BCUT2D eigenvalue weighted by atomic mass is 9.92. The van der Waals surface area contributed by atoms with Crippen LogP contribution in [0.15, 0.2) is 36.4 Å². The van der Waals surface area contributed by atoms with Crippen LogP contribution < -0.4 is 10.6 Å². The number of imide groups is 1. The summed E-state index contributed by atoms with van der Waals surface area (Å²) in [5, 5.41) is 5.43. The van der Waals surface area contributed by atoms with Gasteiger partial charge in [-0.05, 0) is 43.7 Å². The molecule has 4 amide bonds. The standard InChI is InChI=1S/C19H16Cl2FN3O3/c1-10-3-6-15(14(21)7-10)23-16(26)9-25-17(27)19(2,24-18(25)28)12-5-4-11(22)8-13(12)20/h3-8H,9H2,1-2H3,(H,23,26)(H,24,28). The second kappa shape index (κ2) is 7.41. The molecule has 1 aliphatic heterocycles. The van der Waals surface area contributed by atoms with Gasteiger partial charge in [-0.15, -0.1) is 0 Å². The van der Waals surface area contributed by atoms with Crippen molar-refractivity contribution in [1.82, 2.24) is 10.2 Å². The molecule has 2 N–H and O–H groups in total. The van der Waals surface area contributed by atoms with E-state index in [2.05, 4.69) is 10.6 Å². The van der Waals surface area contributed by atoms with E-state index in [0.29, 0.717) is 10.7 Å². The molecule has 0 saturated carbocycles. The van der Waals surface area contributed by atoms with Crippen LogP contribution in [0.4, 0.5) is 14.9 Å². The molecule has 1 fully saturated rings. The second-order valence-corrected chi connectivity index (χ2v) is 7.42. The van der Waals surface area contributed by atoms with Crippen molar-refractivity contribution < 1.29 is 18.8 Å². The normalized spacial score (nSPS) is 19.0. The minimum Gasteiger partial charge on any atom is -0.323 e. The predicted molar refractivity (Wildman–Crippen MR) is 104 cm³/mol. The van der Waals surface area contributed by atoms with Gasteiger partial charge < -0.3 is 10.6 Å². The van der Waals surface area contributed by atoms with Crippen LogP contribution in [0.1, 0.15) is 18.1 Å². The summed E-state index contributed by atoms with van der Waals surface area (Å²) in [5.41, 5.74) is 0.0139. The molecule has 1 aliphatic rings. The van der Waals surface area contributed by atoms with Gasteiger partial charge in [0, 0.05) is 10.6 Å². The van der Waals surface area contributed by atoms with Gasteiger partial charge >= 0.3 is 6.03 Å². The Morgan fingerprint density at radius 1 is 1.18 bits per heavy atom. The lowest BCUT2D eigenvalue weighted by Gasteiger charge is -2.23. The summed E-state index contributed by atoms with van der Waals surface area (Å²) in [4.78, 5) is 38.3. The number of rotatable bonds is 4. The number of aryl methyl sites for hydroxylation is 1. The molecule has 0 radical (unpaired) electrons. The first kappa shape index (κ1) is 20.1. The Labute approximate surface area is 170 Å². The topological polar surface area (TPSA) is 78.5 Å². The van der Waals surface area contributed by atoms with Crippen LogP contribution in [0.5, 0.6) is 0 Å². The van der Waals surface area contributed by atoms with Crippen LogP contribution in [0, 0.1) is 12.7 Å². The number of benzene rings is 2. The molecule has 2 aromatic carbocycles. The van der Waals surface area contributed by atoms with Crippen LogP contribution in [0.3, 0.4) is 0 Å². The molecule has 0 aromatic heterocycles. The maximum Gasteiger partial charge on any atom is 0.325 e. The fourth-order valence-corrected chi connectivity index (χ4v) is 3.61. The monoisotopic (exact) mass is 423 g/mol. The second-order valence-electron chi connectivity index (χ2n) is 6.60.